The normalized spacial score (nSPS) is 22.0. The summed E-state index contributed by atoms with van der Waals surface area (Å²) in [5, 5.41) is 0. The van der Waals surface area contributed by atoms with E-state index in [0.29, 0.717) is 32.0 Å². The minimum atomic E-state index is -0.180. The number of amides is 2. The Morgan fingerprint density at radius 2 is 2.33 bits per heavy atom. The molecular weight excluding hydrogens is 268 g/mol. The highest BCUT2D eigenvalue weighted by atomic mass is 16.2. The molecule has 0 aliphatic carbocycles. The molecular formula is C15H22N4O2. The Morgan fingerprint density at radius 1 is 1.52 bits per heavy atom. The van der Waals surface area contributed by atoms with Crippen LogP contribution in [-0.4, -0.2) is 51.2 Å². The molecule has 1 saturated heterocycles. The first kappa shape index (κ1) is 14.1. The number of carbonyl (C=O) groups is 2. The van der Waals surface area contributed by atoms with Gasteiger partial charge in [0.05, 0.1) is 30.2 Å². The summed E-state index contributed by atoms with van der Waals surface area (Å²) in [5.41, 5.74) is 2.08. The predicted molar refractivity (Wildman–Crippen MR) is 77.2 cm³/mol. The maximum absolute atomic E-state index is 12.6. The fraction of sp³-hybridized carbons (Fsp3) is 0.667. The van der Waals surface area contributed by atoms with E-state index in [0.717, 1.165) is 24.4 Å². The summed E-state index contributed by atoms with van der Waals surface area (Å²) in [4.78, 5) is 35.7. The summed E-state index contributed by atoms with van der Waals surface area (Å²) in [6, 6.07) is 0. The molecule has 2 amide bonds. The van der Waals surface area contributed by atoms with Gasteiger partial charge in [0.1, 0.15) is 0 Å². The second-order valence-electron chi connectivity index (χ2n) is 6.43. The van der Waals surface area contributed by atoms with Crippen LogP contribution in [0.25, 0.3) is 0 Å². The molecule has 1 aromatic heterocycles. The van der Waals surface area contributed by atoms with Gasteiger partial charge in [0, 0.05) is 32.5 Å². The van der Waals surface area contributed by atoms with Gasteiger partial charge in [-0.1, -0.05) is 13.8 Å². The van der Waals surface area contributed by atoms with Crippen LogP contribution in [0, 0.1) is 11.8 Å². The molecule has 1 atom stereocenters. The Hall–Kier alpha value is -1.85. The Balaban J connectivity index is 1.63. The maximum Gasteiger partial charge on any atom is 0.228 e. The van der Waals surface area contributed by atoms with Crippen molar-refractivity contribution in [2.45, 2.75) is 33.2 Å². The molecule has 3 rings (SSSR count). The zero-order chi connectivity index (χ0) is 15.0. The number of hydrogen-bond acceptors (Lipinski definition) is 3. The lowest BCUT2D eigenvalue weighted by Crippen LogP contribution is -2.40. The van der Waals surface area contributed by atoms with Gasteiger partial charge >= 0.3 is 0 Å². The van der Waals surface area contributed by atoms with Crippen LogP contribution in [0.15, 0.2) is 6.33 Å². The van der Waals surface area contributed by atoms with Crippen LogP contribution in [0.5, 0.6) is 0 Å². The lowest BCUT2D eigenvalue weighted by molar-refractivity contribution is -0.136. The second kappa shape index (κ2) is 5.50. The van der Waals surface area contributed by atoms with Gasteiger partial charge in [0.15, 0.2) is 0 Å². The summed E-state index contributed by atoms with van der Waals surface area (Å²) in [6.45, 7) is 6.78. The second-order valence-corrected chi connectivity index (χ2v) is 6.43. The molecule has 0 saturated carbocycles. The van der Waals surface area contributed by atoms with Crippen LogP contribution < -0.4 is 0 Å². The fourth-order valence-electron chi connectivity index (χ4n) is 3.21. The predicted octanol–water partition coefficient (Wildman–Crippen LogP) is 0.799. The molecule has 1 N–H and O–H groups in total. The number of nitrogens with zero attached hydrogens (tertiary/aromatic N) is 3. The maximum atomic E-state index is 12.6. The minimum Gasteiger partial charge on any atom is -0.347 e. The number of aromatic amines is 1. The van der Waals surface area contributed by atoms with E-state index in [1.807, 2.05) is 9.80 Å². The van der Waals surface area contributed by atoms with E-state index in [-0.39, 0.29) is 17.7 Å². The van der Waals surface area contributed by atoms with Crippen LogP contribution in [-0.2, 0) is 22.6 Å². The van der Waals surface area contributed by atoms with Crippen LogP contribution in [0.3, 0.4) is 0 Å². The van der Waals surface area contributed by atoms with Crippen molar-refractivity contribution >= 4 is 11.8 Å². The number of rotatable bonds is 3. The number of imidazole rings is 1. The molecule has 1 aromatic rings. The van der Waals surface area contributed by atoms with Crippen molar-refractivity contribution in [3.8, 4) is 0 Å². The number of H-pyrrole nitrogens is 1. The standard InChI is InChI=1S/C15H22N4O2/c1-10(2)6-19-7-11(5-14(19)20)15(21)18-4-3-12-13(8-18)17-9-16-12/h9-11H,3-8H2,1-2H3,(H,16,17)/t11-/m1/s1. The Kier molecular flexibility index (Phi) is 3.69. The van der Waals surface area contributed by atoms with Crippen molar-refractivity contribution < 1.29 is 9.59 Å². The number of carbonyl (C=O) groups excluding carboxylic acids is 2. The first-order valence-electron chi connectivity index (χ1n) is 7.62. The average molecular weight is 290 g/mol. The number of hydrogen-bond donors (Lipinski definition) is 1. The third-order valence-electron chi connectivity index (χ3n) is 4.24. The van der Waals surface area contributed by atoms with E-state index >= 15 is 0 Å². The van der Waals surface area contributed by atoms with Crippen molar-refractivity contribution in [1.82, 2.24) is 19.8 Å². The number of fused-ring (bicyclic) bond motifs is 1. The first-order valence-corrected chi connectivity index (χ1v) is 7.62. The molecule has 2 aliphatic rings. The smallest absolute Gasteiger partial charge is 0.228 e. The zero-order valence-electron chi connectivity index (χ0n) is 12.6. The molecule has 3 heterocycles. The Labute approximate surface area is 124 Å². The van der Waals surface area contributed by atoms with Crippen LogP contribution in [0.1, 0.15) is 31.7 Å². The van der Waals surface area contributed by atoms with E-state index in [2.05, 4.69) is 23.8 Å². The summed E-state index contributed by atoms with van der Waals surface area (Å²) in [5.74, 6) is 0.474. The van der Waals surface area contributed by atoms with Crippen molar-refractivity contribution in [1.29, 1.82) is 0 Å². The highest BCUT2D eigenvalue weighted by Gasteiger charge is 2.37. The lowest BCUT2D eigenvalue weighted by atomic mass is 10.0. The molecule has 21 heavy (non-hydrogen) atoms. The molecule has 6 nitrogen and oxygen atoms in total. The van der Waals surface area contributed by atoms with Gasteiger partial charge in [0.2, 0.25) is 11.8 Å². The monoisotopic (exact) mass is 290 g/mol. The lowest BCUT2D eigenvalue weighted by Gasteiger charge is -2.28. The van der Waals surface area contributed by atoms with Gasteiger partial charge in [-0.3, -0.25) is 9.59 Å². The third kappa shape index (κ3) is 2.80. The number of aromatic nitrogens is 2. The highest BCUT2D eigenvalue weighted by molar-refractivity contribution is 5.89. The largest absolute Gasteiger partial charge is 0.347 e. The van der Waals surface area contributed by atoms with Crippen LogP contribution in [0.4, 0.5) is 0 Å². The van der Waals surface area contributed by atoms with Gasteiger partial charge in [0.25, 0.3) is 0 Å². The molecule has 0 bridgehead atoms. The summed E-state index contributed by atoms with van der Waals surface area (Å²) < 4.78 is 0. The number of nitrogens with one attached hydrogen (secondary N) is 1. The SMILES string of the molecule is CC(C)CN1C[C@H](C(=O)N2CCc3nc[nH]c3C2)CC1=O. The van der Waals surface area contributed by atoms with Gasteiger partial charge < -0.3 is 14.8 Å². The average Bonchev–Trinajstić information content (AvgIpc) is 3.04. The van der Waals surface area contributed by atoms with Crippen molar-refractivity contribution in [3.05, 3.63) is 17.7 Å². The van der Waals surface area contributed by atoms with Gasteiger partial charge in [-0.25, -0.2) is 4.98 Å². The molecule has 114 valence electrons. The molecule has 2 aliphatic heterocycles. The van der Waals surface area contributed by atoms with Crippen molar-refractivity contribution in [2.75, 3.05) is 19.6 Å². The van der Waals surface area contributed by atoms with E-state index < -0.39 is 0 Å². The van der Waals surface area contributed by atoms with Crippen LogP contribution in [0.2, 0.25) is 0 Å². The Bertz CT molecular complexity index is 552. The van der Waals surface area contributed by atoms with E-state index in [4.69, 9.17) is 0 Å². The van der Waals surface area contributed by atoms with Gasteiger partial charge in [-0.15, -0.1) is 0 Å². The van der Waals surface area contributed by atoms with Crippen LogP contribution >= 0.6 is 0 Å². The molecule has 0 aromatic carbocycles. The Morgan fingerprint density at radius 3 is 3.10 bits per heavy atom. The summed E-state index contributed by atoms with van der Waals surface area (Å²) >= 11 is 0. The molecule has 0 unspecified atom stereocenters. The van der Waals surface area contributed by atoms with Gasteiger partial charge in [-0.2, -0.15) is 0 Å². The quantitative estimate of drug-likeness (QED) is 0.895. The minimum absolute atomic E-state index is 0.106. The van der Waals surface area contributed by atoms with Gasteiger partial charge in [-0.05, 0) is 5.92 Å². The van der Waals surface area contributed by atoms with E-state index in [1.54, 1.807) is 6.33 Å². The number of likely N-dealkylation sites (tertiary alicyclic amines) is 1. The zero-order valence-corrected chi connectivity index (χ0v) is 12.6. The fourth-order valence-corrected chi connectivity index (χ4v) is 3.21. The molecule has 6 heteroatoms. The first-order chi connectivity index (χ1) is 10.0. The molecule has 0 radical (unpaired) electrons. The van der Waals surface area contributed by atoms with Crippen molar-refractivity contribution in [2.24, 2.45) is 11.8 Å². The van der Waals surface area contributed by atoms with E-state index in [1.165, 1.54) is 0 Å². The summed E-state index contributed by atoms with van der Waals surface area (Å²) in [6.07, 6.45) is 2.83. The molecule has 1 fully saturated rings. The molecule has 0 spiro atoms. The third-order valence-corrected chi connectivity index (χ3v) is 4.24. The van der Waals surface area contributed by atoms with E-state index in [9.17, 15) is 9.59 Å². The highest BCUT2D eigenvalue weighted by Crippen LogP contribution is 2.24. The topological polar surface area (TPSA) is 69.3 Å². The van der Waals surface area contributed by atoms with Crippen molar-refractivity contribution in [3.63, 3.8) is 0 Å². The summed E-state index contributed by atoms with van der Waals surface area (Å²) in [7, 11) is 0.